The van der Waals surface area contributed by atoms with Crippen molar-refractivity contribution in [3.05, 3.63) is 53.2 Å². The van der Waals surface area contributed by atoms with Gasteiger partial charge in [-0.15, -0.1) is 0 Å². The molecule has 0 aliphatic heterocycles. The minimum Gasteiger partial charge on any atom is -0.366 e. The van der Waals surface area contributed by atoms with Crippen molar-refractivity contribution in [2.24, 2.45) is 11.5 Å². The maximum atomic E-state index is 12.8. The lowest BCUT2D eigenvalue weighted by molar-refractivity contribution is -0.137. The van der Waals surface area contributed by atoms with Gasteiger partial charge in [-0.1, -0.05) is 0 Å². The first kappa shape index (κ1) is 15.5. The van der Waals surface area contributed by atoms with Crippen LogP contribution in [0.5, 0.6) is 0 Å². The van der Waals surface area contributed by atoms with Gasteiger partial charge in [-0.05, 0) is 30.3 Å². The molecule has 0 fully saturated rings. The average molecular weight is 309 g/mol. The zero-order valence-electron chi connectivity index (χ0n) is 11.0. The van der Waals surface area contributed by atoms with Crippen LogP contribution < -0.4 is 11.5 Å². The lowest BCUT2D eigenvalue weighted by atomic mass is 9.99. The Hall–Kier alpha value is -2.90. The number of hydrogen-bond acceptors (Lipinski definition) is 3. The van der Waals surface area contributed by atoms with Crippen molar-refractivity contribution in [1.29, 1.82) is 0 Å². The van der Waals surface area contributed by atoms with E-state index in [1.54, 1.807) is 0 Å². The number of aromatic nitrogens is 1. The number of pyridine rings is 1. The summed E-state index contributed by atoms with van der Waals surface area (Å²) in [5, 5.41) is 0. The minimum atomic E-state index is -4.56. The fourth-order valence-corrected chi connectivity index (χ4v) is 1.88. The van der Waals surface area contributed by atoms with E-state index in [4.69, 9.17) is 11.5 Å². The Morgan fingerprint density at radius 1 is 1.00 bits per heavy atom. The number of nitrogens with two attached hydrogens (primary N) is 2. The van der Waals surface area contributed by atoms with Crippen LogP contribution in [0.1, 0.15) is 26.3 Å². The highest BCUT2D eigenvalue weighted by atomic mass is 19.4. The van der Waals surface area contributed by atoms with Crippen LogP contribution in [0.3, 0.4) is 0 Å². The predicted molar refractivity (Wildman–Crippen MR) is 71.7 cm³/mol. The zero-order chi connectivity index (χ0) is 16.5. The Morgan fingerprint density at radius 2 is 1.68 bits per heavy atom. The van der Waals surface area contributed by atoms with Crippen LogP contribution in [0.2, 0.25) is 0 Å². The number of nitrogens with zero attached hydrogens (tertiary/aromatic N) is 1. The largest absolute Gasteiger partial charge is 0.416 e. The molecule has 2 rings (SSSR count). The minimum absolute atomic E-state index is 0.00917. The molecule has 0 saturated heterocycles. The number of halogens is 3. The van der Waals surface area contributed by atoms with Crippen LogP contribution in [0.15, 0.2) is 36.5 Å². The van der Waals surface area contributed by atoms with Gasteiger partial charge in [0, 0.05) is 22.9 Å². The molecule has 0 aliphatic rings. The number of rotatable bonds is 3. The molecule has 0 atom stereocenters. The molecule has 4 N–H and O–H groups in total. The maximum absolute atomic E-state index is 12.8. The average Bonchev–Trinajstić information content (AvgIpc) is 2.45. The van der Waals surface area contributed by atoms with Crippen molar-refractivity contribution in [2.45, 2.75) is 6.18 Å². The third-order valence-electron chi connectivity index (χ3n) is 2.93. The first-order valence-electron chi connectivity index (χ1n) is 5.97. The molecular weight excluding hydrogens is 299 g/mol. The molecule has 2 amide bonds. The lowest BCUT2D eigenvalue weighted by Gasteiger charge is -2.11. The van der Waals surface area contributed by atoms with Gasteiger partial charge in [0.05, 0.1) is 11.3 Å². The predicted octanol–water partition coefficient (Wildman–Crippen LogP) is 1.97. The van der Waals surface area contributed by atoms with Gasteiger partial charge in [0.2, 0.25) is 11.8 Å². The highest BCUT2D eigenvalue weighted by Gasteiger charge is 2.31. The summed E-state index contributed by atoms with van der Waals surface area (Å²) in [6.07, 6.45) is -3.61. The van der Waals surface area contributed by atoms with E-state index in [0.29, 0.717) is 0 Å². The summed E-state index contributed by atoms with van der Waals surface area (Å²) in [5.41, 5.74) is 9.24. The second-order valence-corrected chi connectivity index (χ2v) is 4.42. The van der Waals surface area contributed by atoms with Crippen molar-refractivity contribution in [1.82, 2.24) is 4.98 Å². The summed E-state index contributed by atoms with van der Waals surface area (Å²) in [5.74, 6) is -1.64. The van der Waals surface area contributed by atoms with Crippen molar-refractivity contribution in [3.63, 3.8) is 0 Å². The van der Waals surface area contributed by atoms with E-state index in [1.165, 1.54) is 18.2 Å². The zero-order valence-corrected chi connectivity index (χ0v) is 11.0. The highest BCUT2D eigenvalue weighted by Crippen LogP contribution is 2.32. The van der Waals surface area contributed by atoms with E-state index in [2.05, 4.69) is 4.98 Å². The molecule has 1 heterocycles. The van der Waals surface area contributed by atoms with Gasteiger partial charge in [0.25, 0.3) is 0 Å². The first-order valence-corrected chi connectivity index (χ1v) is 5.97. The van der Waals surface area contributed by atoms with Crippen LogP contribution in [0.25, 0.3) is 11.3 Å². The summed E-state index contributed by atoms with van der Waals surface area (Å²) in [4.78, 5) is 26.4. The van der Waals surface area contributed by atoms with Gasteiger partial charge in [-0.2, -0.15) is 13.2 Å². The molecule has 8 heteroatoms. The molecule has 0 unspecified atom stereocenters. The number of benzene rings is 1. The van der Waals surface area contributed by atoms with Crippen LogP contribution in [0, 0.1) is 0 Å². The van der Waals surface area contributed by atoms with Crippen LogP contribution in [0.4, 0.5) is 13.2 Å². The number of carbonyl (C=O) groups is 2. The summed E-state index contributed by atoms with van der Waals surface area (Å²) < 4.78 is 38.3. The third-order valence-corrected chi connectivity index (χ3v) is 2.93. The molecule has 2 aromatic rings. The van der Waals surface area contributed by atoms with Crippen LogP contribution in [-0.2, 0) is 6.18 Å². The van der Waals surface area contributed by atoms with Crippen molar-refractivity contribution in [2.75, 3.05) is 0 Å². The molecule has 0 spiro atoms. The molecule has 1 aromatic heterocycles. The highest BCUT2D eigenvalue weighted by molar-refractivity contribution is 6.02. The Labute approximate surface area is 122 Å². The number of carbonyl (C=O) groups excluding carboxylic acids is 2. The summed E-state index contributed by atoms with van der Waals surface area (Å²) in [6.45, 7) is 0. The normalized spacial score (nSPS) is 11.2. The van der Waals surface area contributed by atoms with Gasteiger partial charge >= 0.3 is 6.18 Å². The van der Waals surface area contributed by atoms with E-state index in [9.17, 15) is 22.8 Å². The quantitative estimate of drug-likeness (QED) is 0.906. The molecule has 0 radical (unpaired) electrons. The number of primary amides is 2. The van der Waals surface area contributed by atoms with Crippen LogP contribution >= 0.6 is 0 Å². The van der Waals surface area contributed by atoms with E-state index >= 15 is 0 Å². The number of alkyl halides is 3. The van der Waals surface area contributed by atoms with Crippen molar-refractivity contribution < 1.29 is 22.8 Å². The van der Waals surface area contributed by atoms with E-state index < -0.39 is 23.6 Å². The topological polar surface area (TPSA) is 99.1 Å². The second-order valence-electron chi connectivity index (χ2n) is 4.42. The fourth-order valence-electron chi connectivity index (χ4n) is 1.88. The first-order chi connectivity index (χ1) is 10.2. The van der Waals surface area contributed by atoms with Crippen molar-refractivity contribution in [3.8, 4) is 11.3 Å². The summed E-state index contributed by atoms with van der Waals surface area (Å²) in [7, 11) is 0. The molecule has 1 aromatic carbocycles. The number of hydrogen-bond donors (Lipinski definition) is 2. The Balaban J connectivity index is 2.67. The van der Waals surface area contributed by atoms with Crippen LogP contribution in [-0.4, -0.2) is 16.8 Å². The fraction of sp³-hybridized carbons (Fsp3) is 0.0714. The summed E-state index contributed by atoms with van der Waals surface area (Å²) >= 11 is 0. The molecule has 0 aliphatic carbocycles. The maximum Gasteiger partial charge on any atom is 0.416 e. The van der Waals surface area contributed by atoms with Gasteiger partial charge in [0.15, 0.2) is 0 Å². The van der Waals surface area contributed by atoms with Gasteiger partial charge in [-0.3, -0.25) is 14.6 Å². The smallest absolute Gasteiger partial charge is 0.366 e. The van der Waals surface area contributed by atoms with Gasteiger partial charge in [0.1, 0.15) is 0 Å². The summed E-state index contributed by atoms with van der Waals surface area (Å²) in [6, 6.07) is 5.24. The third kappa shape index (κ3) is 3.05. The molecule has 5 nitrogen and oxygen atoms in total. The van der Waals surface area contributed by atoms with Crippen molar-refractivity contribution >= 4 is 11.8 Å². The standard InChI is InChI=1S/C14H10F3N3O2/c15-14(16,17)8-3-4-20-11(6-8)10-5-7(12(18)21)1-2-9(10)13(19)22/h1-6H,(H2,18,21)(H2,19,22). The van der Waals surface area contributed by atoms with E-state index in [0.717, 1.165) is 18.3 Å². The lowest BCUT2D eigenvalue weighted by Crippen LogP contribution is -2.16. The Kier molecular flexibility index (Phi) is 3.85. The number of amides is 2. The molecule has 114 valence electrons. The SMILES string of the molecule is NC(=O)c1ccc(C(N)=O)c(-c2cc(C(F)(F)F)ccn2)c1. The molecule has 0 bridgehead atoms. The van der Waals surface area contributed by atoms with E-state index in [-0.39, 0.29) is 22.4 Å². The molecular formula is C14H10F3N3O2. The molecule has 22 heavy (non-hydrogen) atoms. The Morgan fingerprint density at radius 3 is 2.23 bits per heavy atom. The van der Waals surface area contributed by atoms with Gasteiger partial charge < -0.3 is 11.5 Å². The second kappa shape index (κ2) is 5.47. The Bertz CT molecular complexity index is 757. The molecule has 0 saturated carbocycles. The van der Waals surface area contributed by atoms with Gasteiger partial charge in [-0.25, -0.2) is 0 Å². The monoisotopic (exact) mass is 309 g/mol. The van der Waals surface area contributed by atoms with E-state index in [1.807, 2.05) is 0 Å².